The highest BCUT2D eigenvalue weighted by Gasteiger charge is 2.35. The number of rotatable bonds is 7. The molecule has 2 atom stereocenters. The van der Waals surface area contributed by atoms with Crippen molar-refractivity contribution in [2.45, 2.75) is 25.5 Å². The molecular weight excluding hydrogens is 426 g/mol. The van der Waals surface area contributed by atoms with Gasteiger partial charge in [-0.05, 0) is 42.3 Å². The fourth-order valence-corrected chi connectivity index (χ4v) is 4.86. The summed E-state index contributed by atoms with van der Waals surface area (Å²) in [5.74, 6) is 2.18. The summed E-state index contributed by atoms with van der Waals surface area (Å²) in [5.41, 5.74) is 0.797. The molecule has 1 aromatic carbocycles. The van der Waals surface area contributed by atoms with E-state index in [1.807, 2.05) is 54.8 Å². The van der Waals surface area contributed by atoms with E-state index in [9.17, 15) is 4.79 Å². The first-order valence-corrected chi connectivity index (χ1v) is 11.7. The van der Waals surface area contributed by atoms with Crippen LogP contribution in [0.1, 0.15) is 30.0 Å². The number of nitrogens with zero attached hydrogens (tertiary/aromatic N) is 3. The summed E-state index contributed by atoms with van der Waals surface area (Å²) in [4.78, 5) is 16.6. The summed E-state index contributed by atoms with van der Waals surface area (Å²) in [7, 11) is 0. The smallest absolute Gasteiger partial charge is 0.257 e. The lowest BCUT2D eigenvalue weighted by molar-refractivity contribution is -0.134. The Morgan fingerprint density at radius 3 is 2.81 bits per heavy atom. The number of likely N-dealkylation sites (N-methyl/N-ethyl adjacent to an activating group) is 1. The molecule has 2 aliphatic heterocycles. The average Bonchev–Trinajstić information content (AvgIpc) is 3.59. The van der Waals surface area contributed by atoms with Crippen LogP contribution < -0.4 is 9.47 Å². The molecule has 8 heteroatoms. The highest BCUT2D eigenvalue weighted by atomic mass is 32.1. The van der Waals surface area contributed by atoms with Crippen LogP contribution in [0.4, 0.5) is 0 Å². The lowest BCUT2D eigenvalue weighted by Gasteiger charge is -2.31. The maximum absolute atomic E-state index is 13.4. The van der Waals surface area contributed by atoms with Gasteiger partial charge in [0.05, 0.1) is 18.8 Å². The standard InChI is InChI=1S/C24H25N3O4S/c1-2-26(14-17-16-30-21-7-3-4-8-22(21)31-17)15-24(28)27-19(23-10-6-12-32-23)13-18(25-27)20-9-5-11-29-20/h3-12,17,19H,2,13-16H2,1H3. The van der Waals surface area contributed by atoms with E-state index in [1.165, 1.54) is 0 Å². The maximum Gasteiger partial charge on any atom is 0.257 e. The van der Waals surface area contributed by atoms with Gasteiger partial charge in [0, 0.05) is 17.8 Å². The van der Waals surface area contributed by atoms with Crippen molar-refractivity contribution in [3.8, 4) is 11.5 Å². The summed E-state index contributed by atoms with van der Waals surface area (Å²) >= 11 is 1.64. The summed E-state index contributed by atoms with van der Waals surface area (Å²) < 4.78 is 17.5. The van der Waals surface area contributed by atoms with Crippen molar-refractivity contribution in [2.24, 2.45) is 5.10 Å². The third kappa shape index (κ3) is 4.28. The van der Waals surface area contributed by atoms with Gasteiger partial charge in [0.25, 0.3) is 5.91 Å². The quantitative estimate of drug-likeness (QED) is 0.539. The molecule has 0 fully saturated rings. The first kappa shape index (κ1) is 20.8. The molecule has 7 nitrogen and oxygen atoms in total. The lowest BCUT2D eigenvalue weighted by Crippen LogP contribution is -2.45. The van der Waals surface area contributed by atoms with Crippen LogP contribution in [0.3, 0.4) is 0 Å². The van der Waals surface area contributed by atoms with Crippen molar-refractivity contribution in [3.63, 3.8) is 0 Å². The molecule has 2 aromatic heterocycles. The monoisotopic (exact) mass is 451 g/mol. The number of furan rings is 1. The largest absolute Gasteiger partial charge is 0.486 e. The number of thiophene rings is 1. The Labute approximate surface area is 190 Å². The van der Waals surface area contributed by atoms with E-state index in [2.05, 4.69) is 16.1 Å². The number of hydrogen-bond acceptors (Lipinski definition) is 7. The van der Waals surface area contributed by atoms with Gasteiger partial charge in [-0.1, -0.05) is 25.1 Å². The van der Waals surface area contributed by atoms with Crippen LogP contribution in [0, 0.1) is 0 Å². The van der Waals surface area contributed by atoms with Gasteiger partial charge in [-0.2, -0.15) is 5.10 Å². The maximum atomic E-state index is 13.4. The molecule has 0 saturated heterocycles. The molecule has 5 rings (SSSR count). The molecule has 1 amide bonds. The van der Waals surface area contributed by atoms with Gasteiger partial charge in [-0.15, -0.1) is 11.3 Å². The predicted molar refractivity (Wildman–Crippen MR) is 122 cm³/mol. The van der Waals surface area contributed by atoms with Crippen LogP contribution in [0.2, 0.25) is 0 Å². The van der Waals surface area contributed by atoms with Gasteiger partial charge >= 0.3 is 0 Å². The number of hydrogen-bond donors (Lipinski definition) is 0. The molecule has 0 N–H and O–H groups in total. The van der Waals surface area contributed by atoms with Gasteiger partial charge in [-0.25, -0.2) is 5.01 Å². The van der Waals surface area contributed by atoms with E-state index >= 15 is 0 Å². The zero-order valence-corrected chi connectivity index (χ0v) is 18.7. The Balaban J connectivity index is 1.28. The summed E-state index contributed by atoms with van der Waals surface area (Å²) in [5, 5.41) is 8.31. The molecule has 0 spiro atoms. The third-order valence-electron chi connectivity index (χ3n) is 5.68. The van der Waals surface area contributed by atoms with E-state index in [4.69, 9.17) is 13.9 Å². The molecule has 32 heavy (non-hydrogen) atoms. The van der Waals surface area contributed by atoms with E-state index in [0.717, 1.165) is 28.6 Å². The van der Waals surface area contributed by atoms with Crippen LogP contribution in [-0.4, -0.2) is 53.9 Å². The van der Waals surface area contributed by atoms with Crippen LogP contribution in [0.5, 0.6) is 11.5 Å². The Kier molecular flexibility index (Phi) is 5.96. The number of para-hydroxylation sites is 2. The van der Waals surface area contributed by atoms with Crippen LogP contribution in [0.25, 0.3) is 0 Å². The molecule has 0 bridgehead atoms. The summed E-state index contributed by atoms with van der Waals surface area (Å²) in [6.07, 6.45) is 2.14. The Morgan fingerprint density at radius 1 is 1.19 bits per heavy atom. The zero-order valence-electron chi connectivity index (χ0n) is 17.8. The molecule has 166 valence electrons. The minimum absolute atomic E-state index is 0.0380. The first-order valence-electron chi connectivity index (χ1n) is 10.8. The SMILES string of the molecule is CCN(CC(=O)N1N=C(c2ccco2)CC1c1cccs1)CC1COc2ccccc2O1. The minimum atomic E-state index is -0.133. The number of ether oxygens (including phenoxy) is 2. The first-order chi connectivity index (χ1) is 15.7. The van der Waals surface area contributed by atoms with Crippen molar-refractivity contribution < 1.29 is 18.7 Å². The van der Waals surface area contributed by atoms with Crippen LogP contribution in [0.15, 0.2) is 69.7 Å². The fourth-order valence-electron chi connectivity index (χ4n) is 4.04. The predicted octanol–water partition coefficient (Wildman–Crippen LogP) is 4.18. The van der Waals surface area contributed by atoms with Crippen molar-refractivity contribution in [1.29, 1.82) is 0 Å². The van der Waals surface area contributed by atoms with Crippen molar-refractivity contribution >= 4 is 23.0 Å². The third-order valence-corrected chi connectivity index (χ3v) is 6.65. The molecule has 0 aliphatic carbocycles. The van der Waals surface area contributed by atoms with Gasteiger partial charge in [0.1, 0.15) is 24.2 Å². The van der Waals surface area contributed by atoms with E-state index in [0.29, 0.717) is 25.3 Å². The van der Waals surface area contributed by atoms with E-state index in [1.54, 1.807) is 22.6 Å². The number of benzene rings is 1. The number of carbonyl (C=O) groups is 1. The zero-order chi connectivity index (χ0) is 21.9. The van der Waals surface area contributed by atoms with E-state index < -0.39 is 0 Å². The second-order valence-electron chi connectivity index (χ2n) is 7.82. The molecule has 0 saturated carbocycles. The minimum Gasteiger partial charge on any atom is -0.486 e. The molecule has 2 unspecified atom stereocenters. The van der Waals surface area contributed by atoms with Gasteiger partial charge in [0.2, 0.25) is 0 Å². The van der Waals surface area contributed by atoms with Crippen LogP contribution in [-0.2, 0) is 4.79 Å². The topological polar surface area (TPSA) is 67.5 Å². The van der Waals surface area contributed by atoms with Crippen molar-refractivity contribution in [1.82, 2.24) is 9.91 Å². The summed E-state index contributed by atoms with van der Waals surface area (Å²) in [6.45, 7) is 4.09. The number of fused-ring (bicyclic) bond motifs is 1. The number of carbonyl (C=O) groups excluding carboxylic acids is 1. The van der Waals surface area contributed by atoms with Gasteiger partial charge in [0.15, 0.2) is 11.5 Å². The van der Waals surface area contributed by atoms with Gasteiger partial charge < -0.3 is 13.9 Å². The molecule has 4 heterocycles. The second kappa shape index (κ2) is 9.18. The highest BCUT2D eigenvalue weighted by molar-refractivity contribution is 7.10. The number of hydrazone groups is 1. The lowest BCUT2D eigenvalue weighted by atomic mass is 10.1. The number of amides is 1. The Bertz CT molecular complexity index is 1080. The Morgan fingerprint density at radius 2 is 2.06 bits per heavy atom. The van der Waals surface area contributed by atoms with Crippen molar-refractivity contribution in [3.05, 3.63) is 70.8 Å². The molecular formula is C24H25N3O4S. The van der Waals surface area contributed by atoms with Crippen molar-refractivity contribution in [2.75, 3.05) is 26.2 Å². The average molecular weight is 452 g/mol. The molecule has 2 aliphatic rings. The highest BCUT2D eigenvalue weighted by Crippen LogP contribution is 2.35. The molecule has 3 aromatic rings. The van der Waals surface area contributed by atoms with Gasteiger partial charge in [-0.3, -0.25) is 9.69 Å². The molecule has 0 radical (unpaired) electrons. The van der Waals surface area contributed by atoms with Crippen LogP contribution >= 0.6 is 11.3 Å². The second-order valence-corrected chi connectivity index (χ2v) is 8.80. The fraction of sp³-hybridized carbons (Fsp3) is 0.333. The summed E-state index contributed by atoms with van der Waals surface area (Å²) in [6, 6.07) is 15.3. The Hall–Kier alpha value is -3.10. The normalized spacial score (nSPS) is 19.9. The van der Waals surface area contributed by atoms with E-state index in [-0.39, 0.29) is 24.6 Å².